The Balaban J connectivity index is 2.14. The SMILES string of the molecule is CC(C)CCCC1CCN(C(=O)CP)CC1. The Morgan fingerprint density at radius 3 is 2.50 bits per heavy atom. The molecule has 3 heteroatoms. The minimum atomic E-state index is 0.297. The highest BCUT2D eigenvalue weighted by Crippen LogP contribution is 2.23. The van der Waals surface area contributed by atoms with E-state index in [0.29, 0.717) is 12.1 Å². The number of carbonyl (C=O) groups is 1. The number of hydrogen-bond acceptors (Lipinski definition) is 1. The van der Waals surface area contributed by atoms with Gasteiger partial charge >= 0.3 is 0 Å². The zero-order chi connectivity index (χ0) is 12.0. The summed E-state index contributed by atoms with van der Waals surface area (Å²) in [6.45, 7) is 6.56. The topological polar surface area (TPSA) is 20.3 Å². The Labute approximate surface area is 102 Å². The molecule has 0 aromatic rings. The fourth-order valence-corrected chi connectivity index (χ4v) is 2.67. The Morgan fingerprint density at radius 2 is 2.00 bits per heavy atom. The highest BCUT2D eigenvalue weighted by molar-refractivity contribution is 7.18. The molecule has 1 fully saturated rings. The summed E-state index contributed by atoms with van der Waals surface area (Å²) in [7, 11) is 2.52. The summed E-state index contributed by atoms with van der Waals surface area (Å²) in [4.78, 5) is 13.5. The summed E-state index contributed by atoms with van der Waals surface area (Å²) >= 11 is 0. The standard InChI is InChI=1S/C13H26NOP/c1-11(2)4-3-5-12-6-8-14(9-7-12)13(15)10-16/h11-12H,3-10,16H2,1-2H3. The third-order valence-electron chi connectivity index (χ3n) is 3.54. The molecule has 1 rings (SSSR count). The van der Waals surface area contributed by atoms with Gasteiger partial charge in [0.15, 0.2) is 0 Å². The number of amides is 1. The quantitative estimate of drug-likeness (QED) is 0.680. The number of hydrogen-bond donors (Lipinski definition) is 0. The molecule has 1 heterocycles. The number of piperidine rings is 1. The lowest BCUT2D eigenvalue weighted by Gasteiger charge is -2.32. The van der Waals surface area contributed by atoms with Crippen LogP contribution in [0.5, 0.6) is 0 Å². The van der Waals surface area contributed by atoms with E-state index in [1.165, 1.54) is 32.1 Å². The molecule has 0 saturated carbocycles. The zero-order valence-corrected chi connectivity index (χ0v) is 11.9. The van der Waals surface area contributed by atoms with Crippen molar-refractivity contribution in [2.24, 2.45) is 11.8 Å². The first kappa shape index (κ1) is 14.0. The van der Waals surface area contributed by atoms with Crippen molar-refractivity contribution in [2.45, 2.75) is 46.0 Å². The Morgan fingerprint density at radius 1 is 1.38 bits per heavy atom. The molecule has 16 heavy (non-hydrogen) atoms. The van der Waals surface area contributed by atoms with Crippen LogP contribution in [0, 0.1) is 11.8 Å². The summed E-state index contributed by atoms with van der Waals surface area (Å²) < 4.78 is 0. The largest absolute Gasteiger partial charge is 0.342 e. The maximum absolute atomic E-state index is 11.5. The van der Waals surface area contributed by atoms with Crippen LogP contribution in [0.1, 0.15) is 46.0 Å². The van der Waals surface area contributed by atoms with Crippen molar-refractivity contribution in [1.82, 2.24) is 4.90 Å². The van der Waals surface area contributed by atoms with Gasteiger partial charge in [0.1, 0.15) is 0 Å². The van der Waals surface area contributed by atoms with Gasteiger partial charge in [-0.05, 0) is 24.7 Å². The van der Waals surface area contributed by atoms with Gasteiger partial charge in [-0.1, -0.05) is 33.1 Å². The van der Waals surface area contributed by atoms with E-state index in [1.54, 1.807) is 0 Å². The zero-order valence-electron chi connectivity index (χ0n) is 10.7. The molecule has 0 aromatic carbocycles. The van der Waals surface area contributed by atoms with E-state index in [9.17, 15) is 4.79 Å². The smallest absolute Gasteiger partial charge is 0.226 e. The lowest BCUT2D eigenvalue weighted by molar-refractivity contribution is -0.129. The fraction of sp³-hybridized carbons (Fsp3) is 0.923. The van der Waals surface area contributed by atoms with Crippen LogP contribution in [-0.4, -0.2) is 30.1 Å². The third-order valence-corrected chi connectivity index (χ3v) is 3.88. The molecule has 0 N–H and O–H groups in total. The van der Waals surface area contributed by atoms with Crippen molar-refractivity contribution in [1.29, 1.82) is 0 Å². The minimum Gasteiger partial charge on any atom is -0.342 e. The van der Waals surface area contributed by atoms with Crippen molar-refractivity contribution >= 4 is 15.1 Å². The first-order valence-corrected chi connectivity index (χ1v) is 7.43. The Bertz CT molecular complexity index is 210. The van der Waals surface area contributed by atoms with Gasteiger partial charge in [0.2, 0.25) is 5.91 Å². The molecular weight excluding hydrogens is 217 g/mol. The highest BCUT2D eigenvalue weighted by atomic mass is 31.0. The van der Waals surface area contributed by atoms with Crippen LogP contribution in [0.2, 0.25) is 0 Å². The average Bonchev–Trinajstić information content (AvgIpc) is 2.28. The Kier molecular flexibility index (Phi) is 6.34. The predicted molar refractivity (Wildman–Crippen MR) is 72.6 cm³/mol. The lowest BCUT2D eigenvalue weighted by Crippen LogP contribution is -2.39. The molecule has 1 amide bonds. The molecule has 0 radical (unpaired) electrons. The first-order valence-electron chi connectivity index (χ1n) is 6.61. The second-order valence-corrected chi connectivity index (χ2v) is 5.76. The molecule has 1 atom stereocenters. The van der Waals surface area contributed by atoms with Crippen LogP contribution < -0.4 is 0 Å². The molecule has 1 saturated heterocycles. The molecule has 94 valence electrons. The second-order valence-electron chi connectivity index (χ2n) is 5.35. The first-order chi connectivity index (χ1) is 7.63. The van der Waals surface area contributed by atoms with Crippen LogP contribution in [0.4, 0.5) is 0 Å². The van der Waals surface area contributed by atoms with Crippen LogP contribution in [0.25, 0.3) is 0 Å². The van der Waals surface area contributed by atoms with Gasteiger partial charge in [-0.25, -0.2) is 0 Å². The molecular formula is C13H26NOP. The van der Waals surface area contributed by atoms with Crippen molar-refractivity contribution in [2.75, 3.05) is 19.3 Å². The number of nitrogens with zero attached hydrogens (tertiary/aromatic N) is 1. The molecule has 0 aromatic heterocycles. The van der Waals surface area contributed by atoms with Gasteiger partial charge in [-0.15, -0.1) is 9.24 Å². The van der Waals surface area contributed by atoms with Gasteiger partial charge in [-0.3, -0.25) is 4.79 Å². The number of carbonyl (C=O) groups excluding carboxylic acids is 1. The molecule has 1 aliphatic rings. The van der Waals surface area contributed by atoms with E-state index in [-0.39, 0.29) is 0 Å². The molecule has 1 unspecified atom stereocenters. The van der Waals surface area contributed by atoms with E-state index in [1.807, 2.05) is 4.90 Å². The molecule has 0 bridgehead atoms. The average molecular weight is 243 g/mol. The molecule has 0 aliphatic carbocycles. The summed E-state index contributed by atoms with van der Waals surface area (Å²) in [5.41, 5.74) is 0. The van der Waals surface area contributed by atoms with Crippen LogP contribution in [0.15, 0.2) is 0 Å². The lowest BCUT2D eigenvalue weighted by atomic mass is 9.90. The third kappa shape index (κ3) is 4.82. The summed E-state index contributed by atoms with van der Waals surface area (Å²) in [5.74, 6) is 2.00. The van der Waals surface area contributed by atoms with Crippen molar-refractivity contribution in [3.05, 3.63) is 0 Å². The van der Waals surface area contributed by atoms with Gasteiger partial charge in [0.05, 0.1) is 0 Å². The maximum Gasteiger partial charge on any atom is 0.226 e. The van der Waals surface area contributed by atoms with Crippen LogP contribution in [0.3, 0.4) is 0 Å². The normalized spacial score (nSPS) is 18.1. The monoisotopic (exact) mass is 243 g/mol. The Hall–Kier alpha value is -0.100. The van der Waals surface area contributed by atoms with Crippen molar-refractivity contribution in [3.63, 3.8) is 0 Å². The van der Waals surface area contributed by atoms with Crippen LogP contribution in [-0.2, 0) is 4.79 Å². The molecule has 0 spiro atoms. The van der Waals surface area contributed by atoms with Crippen LogP contribution >= 0.6 is 9.24 Å². The number of rotatable bonds is 5. The van der Waals surface area contributed by atoms with Gasteiger partial charge in [0.25, 0.3) is 0 Å². The summed E-state index contributed by atoms with van der Waals surface area (Å²) in [6.07, 6.45) is 7.09. The van der Waals surface area contributed by atoms with E-state index in [4.69, 9.17) is 0 Å². The maximum atomic E-state index is 11.5. The van der Waals surface area contributed by atoms with Crippen molar-refractivity contribution < 1.29 is 4.79 Å². The summed E-state index contributed by atoms with van der Waals surface area (Å²) in [5, 5.41) is 0. The molecule has 1 aliphatic heterocycles. The molecule has 2 nitrogen and oxygen atoms in total. The van der Waals surface area contributed by atoms with Gasteiger partial charge in [-0.2, -0.15) is 0 Å². The van der Waals surface area contributed by atoms with Crippen molar-refractivity contribution in [3.8, 4) is 0 Å². The van der Waals surface area contributed by atoms with Gasteiger partial charge in [0, 0.05) is 19.3 Å². The van der Waals surface area contributed by atoms with E-state index >= 15 is 0 Å². The minimum absolute atomic E-state index is 0.297. The predicted octanol–water partition coefficient (Wildman–Crippen LogP) is 2.93. The fourth-order valence-electron chi connectivity index (χ4n) is 2.41. The highest BCUT2D eigenvalue weighted by Gasteiger charge is 2.21. The van der Waals surface area contributed by atoms with Gasteiger partial charge < -0.3 is 4.90 Å². The number of likely N-dealkylation sites (tertiary alicyclic amines) is 1. The second kappa shape index (κ2) is 7.27. The van der Waals surface area contributed by atoms with E-state index in [0.717, 1.165) is 24.9 Å². The van der Waals surface area contributed by atoms with E-state index < -0.39 is 0 Å². The van der Waals surface area contributed by atoms with E-state index in [2.05, 4.69) is 23.1 Å². The summed E-state index contributed by atoms with van der Waals surface area (Å²) in [6, 6.07) is 0.